The number of aromatic nitrogens is 8. The van der Waals surface area contributed by atoms with E-state index < -0.39 is 0 Å². The molecule has 0 aliphatic rings. The van der Waals surface area contributed by atoms with Crippen molar-refractivity contribution in [2.24, 2.45) is 0 Å². The molecule has 0 N–H and O–H groups in total. The van der Waals surface area contributed by atoms with Crippen LogP contribution < -0.4 is 0 Å². The molecule has 0 fully saturated rings. The average molecular weight is 613 g/mol. The smallest absolute Gasteiger partial charge is 0.145 e. The number of para-hydroxylation sites is 2. The van der Waals surface area contributed by atoms with Crippen LogP contribution in [0.2, 0.25) is 0 Å². The van der Waals surface area contributed by atoms with Crippen LogP contribution in [0.4, 0.5) is 0 Å². The van der Waals surface area contributed by atoms with Gasteiger partial charge in [0.05, 0.1) is 33.5 Å². The Kier molecular flexibility index (Phi) is 4.33. The number of pyridine rings is 4. The lowest BCUT2D eigenvalue weighted by Gasteiger charge is -2.13. The summed E-state index contributed by atoms with van der Waals surface area (Å²) in [5.74, 6) is 0. The third-order valence-corrected chi connectivity index (χ3v) is 10.1. The Morgan fingerprint density at radius 1 is 0.375 bits per heavy atom. The quantitative estimate of drug-likeness (QED) is 0.194. The molecule has 0 atom stereocenters. The van der Waals surface area contributed by atoms with Gasteiger partial charge in [-0.3, -0.25) is 18.8 Å². The molecule has 12 rings (SSSR count). The van der Waals surface area contributed by atoms with Gasteiger partial charge in [0.15, 0.2) is 0 Å². The van der Waals surface area contributed by atoms with E-state index >= 15 is 0 Å². The number of benzene rings is 3. The molecular formula is C40H20N8. The fourth-order valence-corrected chi connectivity index (χ4v) is 8.24. The maximum Gasteiger partial charge on any atom is 0.145 e. The van der Waals surface area contributed by atoms with Crippen molar-refractivity contribution in [3.05, 3.63) is 122 Å². The van der Waals surface area contributed by atoms with E-state index in [1.807, 2.05) is 48.8 Å². The third kappa shape index (κ3) is 2.79. The van der Waals surface area contributed by atoms with Crippen molar-refractivity contribution in [2.75, 3.05) is 0 Å². The molecule has 0 saturated heterocycles. The summed E-state index contributed by atoms with van der Waals surface area (Å²) in [4.78, 5) is 29.8. The van der Waals surface area contributed by atoms with Crippen molar-refractivity contribution in [1.29, 1.82) is 0 Å². The Hall–Kier alpha value is -6.80. The summed E-state index contributed by atoms with van der Waals surface area (Å²) < 4.78 is 4.70. The molecule has 48 heavy (non-hydrogen) atoms. The Morgan fingerprint density at radius 3 is 1.25 bits per heavy atom. The molecule has 0 aliphatic heterocycles. The summed E-state index contributed by atoms with van der Waals surface area (Å²) in [5, 5.41) is 8.94. The van der Waals surface area contributed by atoms with E-state index in [0.29, 0.717) is 0 Å². The minimum atomic E-state index is 0.799. The lowest BCUT2D eigenvalue weighted by molar-refractivity contribution is 1.24. The second-order valence-electron chi connectivity index (χ2n) is 12.4. The van der Waals surface area contributed by atoms with Gasteiger partial charge in [-0.25, -0.2) is 19.9 Å². The zero-order valence-electron chi connectivity index (χ0n) is 25.1. The molecule has 0 radical (unpaired) electrons. The molecule has 0 saturated carbocycles. The highest BCUT2D eigenvalue weighted by Crippen LogP contribution is 2.49. The van der Waals surface area contributed by atoms with Crippen molar-refractivity contribution < 1.29 is 0 Å². The highest BCUT2D eigenvalue weighted by Gasteiger charge is 2.29. The Morgan fingerprint density at radius 2 is 0.792 bits per heavy atom. The van der Waals surface area contributed by atoms with Crippen LogP contribution in [0.3, 0.4) is 0 Å². The Bertz CT molecular complexity index is 3050. The van der Waals surface area contributed by atoms with E-state index in [-0.39, 0.29) is 0 Å². The molecule has 0 aliphatic carbocycles. The van der Waals surface area contributed by atoms with Crippen LogP contribution in [0.5, 0.6) is 0 Å². The second kappa shape index (κ2) is 8.51. The molecule has 0 spiro atoms. The Labute approximate surface area is 270 Å². The van der Waals surface area contributed by atoms with E-state index in [4.69, 9.17) is 19.9 Å². The number of hydrogen-bond donors (Lipinski definition) is 0. The molecule has 9 heterocycles. The first kappa shape index (κ1) is 24.4. The van der Waals surface area contributed by atoms with Gasteiger partial charge in [0, 0.05) is 91.4 Å². The van der Waals surface area contributed by atoms with Crippen LogP contribution in [-0.4, -0.2) is 38.7 Å². The summed E-state index contributed by atoms with van der Waals surface area (Å²) >= 11 is 0. The Balaban J connectivity index is 1.45. The van der Waals surface area contributed by atoms with Gasteiger partial charge in [0.2, 0.25) is 0 Å². The molecule has 8 nitrogen and oxygen atoms in total. The van der Waals surface area contributed by atoms with Crippen LogP contribution in [-0.2, 0) is 0 Å². The molecule has 0 amide bonds. The van der Waals surface area contributed by atoms with E-state index in [1.165, 1.54) is 10.8 Å². The third-order valence-electron chi connectivity index (χ3n) is 10.1. The summed E-state index contributed by atoms with van der Waals surface area (Å²) in [6, 6.07) is 29.5. The largest absolute Gasteiger partial charge is 0.290 e. The first-order valence-corrected chi connectivity index (χ1v) is 15.9. The zero-order chi connectivity index (χ0) is 31.1. The van der Waals surface area contributed by atoms with Crippen LogP contribution in [0, 0.1) is 0 Å². The molecule has 3 aromatic carbocycles. The number of rotatable bonds is 2. The van der Waals surface area contributed by atoms with E-state index in [0.717, 1.165) is 99.2 Å². The zero-order valence-corrected chi connectivity index (χ0v) is 25.1. The average Bonchev–Trinajstić information content (AvgIpc) is 3.89. The first-order valence-electron chi connectivity index (χ1n) is 15.9. The monoisotopic (exact) mass is 612 g/mol. The summed E-state index contributed by atoms with van der Waals surface area (Å²) in [7, 11) is 0. The topological polar surface area (TPSA) is 86.2 Å². The van der Waals surface area contributed by atoms with Gasteiger partial charge in [-0.05, 0) is 48.5 Å². The van der Waals surface area contributed by atoms with Gasteiger partial charge >= 0.3 is 0 Å². The molecule has 0 unspecified atom stereocenters. The minimum absolute atomic E-state index is 0.799. The van der Waals surface area contributed by atoms with Gasteiger partial charge in [-0.1, -0.05) is 36.4 Å². The van der Waals surface area contributed by atoms with Gasteiger partial charge < -0.3 is 0 Å². The number of nitrogens with zero attached hydrogens (tertiary/aromatic N) is 8. The fraction of sp³-hybridized carbons (Fsp3) is 0. The van der Waals surface area contributed by atoms with Crippen molar-refractivity contribution in [1.82, 2.24) is 38.7 Å². The van der Waals surface area contributed by atoms with Crippen LogP contribution in [0.25, 0.3) is 110 Å². The standard InChI is InChI=1S/C40H20N8/c1-5-23-25-9-3-15-43-39(25)47-35(23)27(7-1)29-33-34(46-32(22-13-19-42-20-14-22)31(45-33)21-11-17-41-18-12-21)30-28-8-2-6-24-26-10-4-16-44-40(26)48(36(24)28)38(30)37(29)47/h1-20H. The first-order chi connectivity index (χ1) is 23.9. The van der Waals surface area contributed by atoms with Crippen LogP contribution in [0.1, 0.15) is 0 Å². The normalized spacial score (nSPS) is 12.6. The minimum Gasteiger partial charge on any atom is -0.290 e. The number of hydrogen-bond acceptors (Lipinski definition) is 6. The van der Waals surface area contributed by atoms with Crippen LogP contribution >= 0.6 is 0 Å². The van der Waals surface area contributed by atoms with Crippen molar-refractivity contribution in [3.8, 4) is 22.5 Å². The molecule has 12 aromatic rings. The highest BCUT2D eigenvalue weighted by molar-refractivity contribution is 6.39. The SMILES string of the molecule is c1cnc2c(c1)c1cccc3c4c5nc(-c6ccncc6)c(-c6ccncc6)nc5c5c6cccc7c8cccnc8n(c76)c5c4n2c13. The van der Waals surface area contributed by atoms with Gasteiger partial charge in [-0.15, -0.1) is 0 Å². The fourth-order valence-electron chi connectivity index (χ4n) is 8.24. The predicted molar refractivity (Wildman–Crippen MR) is 191 cm³/mol. The van der Waals surface area contributed by atoms with E-state index in [1.54, 1.807) is 24.8 Å². The van der Waals surface area contributed by atoms with E-state index in [9.17, 15) is 0 Å². The lowest BCUT2D eigenvalue weighted by atomic mass is 10.0. The van der Waals surface area contributed by atoms with Gasteiger partial charge in [0.25, 0.3) is 0 Å². The summed E-state index contributed by atoms with van der Waals surface area (Å²) in [5.41, 5.74) is 11.5. The maximum atomic E-state index is 5.60. The molecule has 9 aromatic heterocycles. The van der Waals surface area contributed by atoms with Crippen molar-refractivity contribution in [3.63, 3.8) is 0 Å². The summed E-state index contributed by atoms with van der Waals surface area (Å²) in [6.07, 6.45) is 11.0. The van der Waals surface area contributed by atoms with Crippen LogP contribution in [0.15, 0.2) is 122 Å². The maximum absolute atomic E-state index is 5.60. The molecule has 0 bridgehead atoms. The van der Waals surface area contributed by atoms with Crippen molar-refractivity contribution in [2.45, 2.75) is 0 Å². The molecular weight excluding hydrogens is 592 g/mol. The molecule has 220 valence electrons. The summed E-state index contributed by atoms with van der Waals surface area (Å²) in [6.45, 7) is 0. The van der Waals surface area contributed by atoms with Crippen molar-refractivity contribution >= 4 is 87.5 Å². The molecule has 8 heteroatoms. The lowest BCUT2D eigenvalue weighted by Crippen LogP contribution is -1.98. The second-order valence-corrected chi connectivity index (χ2v) is 12.4. The van der Waals surface area contributed by atoms with Gasteiger partial charge in [-0.2, -0.15) is 0 Å². The predicted octanol–water partition coefficient (Wildman–Crippen LogP) is 8.84. The van der Waals surface area contributed by atoms with Gasteiger partial charge in [0.1, 0.15) is 22.3 Å². The van der Waals surface area contributed by atoms with E-state index in [2.05, 4.69) is 67.3 Å². The highest BCUT2D eigenvalue weighted by atomic mass is 15.0. The number of fused-ring (bicyclic) bond motifs is 16.